The van der Waals surface area contributed by atoms with E-state index >= 15 is 0 Å². The third-order valence-electron chi connectivity index (χ3n) is 7.08. The van der Waals surface area contributed by atoms with E-state index in [1.807, 2.05) is 12.1 Å². The van der Waals surface area contributed by atoms with Gasteiger partial charge in [-0.3, -0.25) is 14.7 Å². The van der Waals surface area contributed by atoms with E-state index in [1.165, 1.54) is 12.8 Å². The summed E-state index contributed by atoms with van der Waals surface area (Å²) in [6.07, 6.45) is -1.29. The van der Waals surface area contributed by atoms with Gasteiger partial charge in [0.2, 0.25) is 5.91 Å². The molecule has 0 radical (unpaired) electrons. The summed E-state index contributed by atoms with van der Waals surface area (Å²) in [6.45, 7) is 1.73. The molecule has 8 nitrogen and oxygen atoms in total. The number of anilines is 2. The summed E-state index contributed by atoms with van der Waals surface area (Å²) in [5, 5.41) is 22.4. The maximum Gasteiger partial charge on any atom is 0.382 e. The number of carbonyl (C=O) groups is 1. The molecule has 2 saturated carbocycles. The summed E-state index contributed by atoms with van der Waals surface area (Å²) >= 11 is 6.73. The number of guanidine groups is 1. The number of aromatic nitrogens is 1. The molecule has 2 fully saturated rings. The van der Waals surface area contributed by atoms with E-state index in [2.05, 4.69) is 15.3 Å². The molecule has 0 spiro atoms. The van der Waals surface area contributed by atoms with E-state index in [4.69, 9.17) is 22.4 Å². The van der Waals surface area contributed by atoms with Gasteiger partial charge < -0.3 is 21.3 Å². The van der Waals surface area contributed by atoms with Crippen LogP contribution in [-0.4, -0.2) is 49.7 Å². The van der Waals surface area contributed by atoms with Gasteiger partial charge in [-0.1, -0.05) is 23.7 Å². The second kappa shape index (κ2) is 8.11. The third kappa shape index (κ3) is 4.23. The van der Waals surface area contributed by atoms with Crippen LogP contribution in [-0.2, 0) is 10.3 Å². The summed E-state index contributed by atoms with van der Waals surface area (Å²) in [5.74, 6) is -0.0227. The zero-order valence-corrected chi connectivity index (χ0v) is 19.8. The molecule has 1 aliphatic heterocycles. The van der Waals surface area contributed by atoms with Crippen molar-refractivity contribution in [1.82, 2.24) is 9.88 Å². The fourth-order valence-corrected chi connectivity index (χ4v) is 5.22. The lowest BCUT2D eigenvalue weighted by Crippen LogP contribution is -2.67. The van der Waals surface area contributed by atoms with Crippen molar-refractivity contribution in [2.75, 3.05) is 5.32 Å². The summed E-state index contributed by atoms with van der Waals surface area (Å²) in [6, 6.07) is 8.51. The van der Waals surface area contributed by atoms with Crippen LogP contribution in [0, 0.1) is 0 Å². The van der Waals surface area contributed by atoms with E-state index in [0.29, 0.717) is 22.2 Å². The number of carbonyl (C=O) groups excluding carboxylic acids is 1. The largest absolute Gasteiger partial charge is 0.382 e. The highest BCUT2D eigenvalue weighted by Gasteiger charge is 2.62. The average Bonchev–Trinajstić information content (AvgIpc) is 3.58. The van der Waals surface area contributed by atoms with Crippen LogP contribution in [0.2, 0.25) is 5.02 Å². The molecule has 5 rings (SSSR count). The average molecular weight is 506 g/mol. The van der Waals surface area contributed by atoms with Gasteiger partial charge in [0.1, 0.15) is 0 Å². The molecule has 1 aromatic carbocycles. The maximum atomic E-state index is 13.2. The molecule has 1 atom stereocenters. The Kier molecular flexibility index (Phi) is 5.54. The summed E-state index contributed by atoms with van der Waals surface area (Å²) in [7, 11) is 0. The van der Waals surface area contributed by atoms with Crippen molar-refractivity contribution in [1.29, 1.82) is 0 Å². The molecular formula is C24H26ClF2N5O3. The number of pyridine rings is 1. The number of halogens is 3. The molecule has 1 amide bonds. The predicted octanol–water partition coefficient (Wildman–Crippen LogP) is 3.60. The molecule has 0 unspecified atom stereocenters. The molecule has 2 aromatic rings. The molecule has 0 bridgehead atoms. The monoisotopic (exact) mass is 505 g/mol. The van der Waals surface area contributed by atoms with Crippen molar-refractivity contribution < 1.29 is 23.8 Å². The highest BCUT2D eigenvalue weighted by atomic mass is 35.5. The quantitative estimate of drug-likeness (QED) is 0.475. The standard InChI is InChI=1S/C24H26ClF2N5O3/c1-22(11-19(33)32(21(28)31-22)15-9-23(34,10-15)24(26,27)35)16-3-2-4-18(20(16)25)30-14-7-8-17(29-12-14)13-5-6-13/h2-4,7-8,12-13,15,30,34-35H,5-6,9-11H2,1H3,(H2,28,31)/t15?,22-,23?/m0/s1. The maximum absolute atomic E-state index is 13.2. The first-order valence-corrected chi connectivity index (χ1v) is 11.8. The van der Waals surface area contributed by atoms with Crippen molar-refractivity contribution in [3.05, 3.63) is 52.8 Å². The number of hydrogen-bond acceptors (Lipinski definition) is 7. The number of nitrogens with one attached hydrogen (secondary N) is 1. The molecule has 0 saturated heterocycles. The molecule has 11 heteroatoms. The fraction of sp³-hybridized carbons (Fsp3) is 0.458. The van der Waals surface area contributed by atoms with Gasteiger partial charge in [0.05, 0.1) is 34.6 Å². The summed E-state index contributed by atoms with van der Waals surface area (Å²) in [4.78, 5) is 23.2. The number of hydrogen-bond donors (Lipinski definition) is 4. The highest BCUT2D eigenvalue weighted by molar-refractivity contribution is 6.34. The summed E-state index contributed by atoms with van der Waals surface area (Å²) in [5.41, 5.74) is 5.47. The van der Waals surface area contributed by atoms with Crippen molar-refractivity contribution >= 4 is 34.8 Å². The minimum atomic E-state index is -4.27. The Morgan fingerprint density at radius 3 is 2.54 bits per heavy atom. The zero-order valence-electron chi connectivity index (χ0n) is 19.0. The minimum Gasteiger partial charge on any atom is -0.381 e. The van der Waals surface area contributed by atoms with Gasteiger partial charge in [0, 0.05) is 36.1 Å². The number of nitrogens with zero attached hydrogens (tertiary/aromatic N) is 3. The fourth-order valence-electron chi connectivity index (χ4n) is 4.85. The molecular weight excluding hydrogens is 480 g/mol. The number of amides is 1. The number of alkyl halides is 2. The van der Waals surface area contributed by atoms with Crippen LogP contribution in [0.3, 0.4) is 0 Å². The first-order valence-electron chi connectivity index (χ1n) is 11.4. The van der Waals surface area contributed by atoms with Gasteiger partial charge in [-0.2, -0.15) is 8.78 Å². The van der Waals surface area contributed by atoms with Gasteiger partial charge in [0.15, 0.2) is 11.6 Å². The second-order valence-electron chi connectivity index (χ2n) is 9.86. The van der Waals surface area contributed by atoms with Crippen molar-refractivity contribution in [2.45, 2.75) is 68.2 Å². The molecule has 5 N–H and O–H groups in total. The van der Waals surface area contributed by atoms with Gasteiger partial charge in [0.25, 0.3) is 0 Å². The minimum absolute atomic E-state index is 0.0983. The van der Waals surface area contributed by atoms with Crippen LogP contribution < -0.4 is 11.1 Å². The van der Waals surface area contributed by atoms with E-state index in [0.717, 1.165) is 16.3 Å². The Morgan fingerprint density at radius 2 is 1.97 bits per heavy atom. The van der Waals surface area contributed by atoms with Crippen molar-refractivity contribution in [2.24, 2.45) is 10.7 Å². The summed E-state index contributed by atoms with van der Waals surface area (Å²) < 4.78 is 26.5. The number of aliphatic hydroxyl groups is 2. The number of nitrogens with two attached hydrogens (primary N) is 1. The molecule has 35 heavy (non-hydrogen) atoms. The Hall–Kier alpha value is -2.82. The first kappa shape index (κ1) is 23.9. The van der Waals surface area contributed by atoms with E-state index in [9.17, 15) is 18.7 Å². The van der Waals surface area contributed by atoms with Crippen LogP contribution in [0.15, 0.2) is 41.5 Å². The molecule has 186 valence electrons. The Bertz CT molecular complexity index is 1190. The van der Waals surface area contributed by atoms with Gasteiger partial charge >= 0.3 is 6.11 Å². The van der Waals surface area contributed by atoms with Crippen LogP contribution >= 0.6 is 11.6 Å². The molecule has 1 aromatic heterocycles. The molecule has 3 aliphatic rings. The van der Waals surface area contributed by atoms with Crippen LogP contribution in [0.25, 0.3) is 0 Å². The Labute approximate surface area is 205 Å². The first-order chi connectivity index (χ1) is 16.4. The van der Waals surface area contributed by atoms with Gasteiger partial charge in [-0.25, -0.2) is 4.99 Å². The number of benzene rings is 1. The number of aliphatic imine (C=N–C) groups is 1. The lowest BCUT2D eigenvalue weighted by atomic mass is 9.73. The predicted molar refractivity (Wildman–Crippen MR) is 127 cm³/mol. The Balaban J connectivity index is 1.36. The number of rotatable bonds is 6. The second-order valence-corrected chi connectivity index (χ2v) is 10.2. The molecule has 2 aliphatic carbocycles. The lowest BCUT2D eigenvalue weighted by molar-refractivity contribution is -0.335. The van der Waals surface area contributed by atoms with Gasteiger partial charge in [-0.15, -0.1) is 0 Å². The Morgan fingerprint density at radius 1 is 1.26 bits per heavy atom. The van der Waals surface area contributed by atoms with Crippen molar-refractivity contribution in [3.8, 4) is 0 Å². The third-order valence-corrected chi connectivity index (χ3v) is 7.49. The zero-order chi connectivity index (χ0) is 25.2. The van der Waals surface area contributed by atoms with Crippen LogP contribution in [0.1, 0.15) is 56.2 Å². The lowest BCUT2D eigenvalue weighted by Gasteiger charge is -2.50. The highest BCUT2D eigenvalue weighted by Crippen LogP contribution is 2.47. The van der Waals surface area contributed by atoms with E-state index in [1.54, 1.807) is 31.3 Å². The van der Waals surface area contributed by atoms with Crippen LogP contribution in [0.5, 0.6) is 0 Å². The van der Waals surface area contributed by atoms with Crippen LogP contribution in [0.4, 0.5) is 20.2 Å². The topological polar surface area (TPSA) is 124 Å². The normalized spacial score (nSPS) is 29.0. The SMILES string of the molecule is C[C@@]1(c2cccc(Nc3ccc(C4CC4)nc3)c2Cl)CC(=O)N(C2CC(O)(C(O)(F)F)C2)C(N)=N1. The van der Waals surface area contributed by atoms with Gasteiger partial charge in [-0.05, 0) is 38.0 Å². The van der Waals surface area contributed by atoms with E-state index in [-0.39, 0.29) is 12.4 Å². The molecule has 2 heterocycles. The van der Waals surface area contributed by atoms with Crippen molar-refractivity contribution in [3.63, 3.8) is 0 Å². The smallest absolute Gasteiger partial charge is 0.381 e. The van der Waals surface area contributed by atoms with E-state index < -0.39 is 42.0 Å².